The topological polar surface area (TPSA) is 46.2 Å². The second-order valence-corrected chi connectivity index (χ2v) is 7.54. The van der Waals surface area contributed by atoms with Crippen LogP contribution in [-0.2, 0) is 10.0 Å². The van der Waals surface area contributed by atoms with Gasteiger partial charge in [-0.05, 0) is 30.0 Å². The van der Waals surface area contributed by atoms with Crippen LogP contribution in [0.1, 0.15) is 26.3 Å². The Morgan fingerprint density at radius 3 is 2.39 bits per heavy atom. The quantitative estimate of drug-likeness (QED) is 0.931. The van der Waals surface area contributed by atoms with Crippen molar-refractivity contribution >= 4 is 21.6 Å². The average molecular weight is 294 g/mol. The van der Waals surface area contributed by atoms with Crippen molar-refractivity contribution in [2.75, 3.05) is 6.54 Å². The first kappa shape index (κ1) is 15.4. The Hall–Kier alpha value is -0.650. The van der Waals surface area contributed by atoms with Gasteiger partial charge in [0.15, 0.2) is 0 Å². The number of nitrogens with one attached hydrogen (secondary N) is 1. The first-order valence-corrected chi connectivity index (χ1v) is 7.34. The van der Waals surface area contributed by atoms with Gasteiger partial charge in [0.1, 0.15) is 5.82 Å². The van der Waals surface area contributed by atoms with Crippen LogP contribution in [0.25, 0.3) is 0 Å². The van der Waals surface area contributed by atoms with E-state index in [0.717, 1.165) is 12.1 Å². The molecule has 0 saturated carbocycles. The summed E-state index contributed by atoms with van der Waals surface area (Å²) in [4.78, 5) is -0.114. The summed E-state index contributed by atoms with van der Waals surface area (Å²) in [6, 6.07) is 2.08. The van der Waals surface area contributed by atoms with Crippen LogP contribution in [0.15, 0.2) is 17.0 Å². The Morgan fingerprint density at radius 2 is 1.89 bits per heavy atom. The predicted octanol–water partition coefficient (Wildman–Crippen LogP) is 3.11. The van der Waals surface area contributed by atoms with E-state index in [1.807, 2.05) is 20.8 Å². The second-order valence-electron chi connectivity index (χ2n) is 5.40. The van der Waals surface area contributed by atoms with Crippen molar-refractivity contribution in [1.29, 1.82) is 0 Å². The van der Waals surface area contributed by atoms with E-state index in [1.54, 1.807) is 6.92 Å². The Morgan fingerprint density at radius 1 is 1.33 bits per heavy atom. The van der Waals surface area contributed by atoms with Crippen LogP contribution in [0.5, 0.6) is 0 Å². The molecule has 1 rings (SSSR count). The van der Waals surface area contributed by atoms with Crippen LogP contribution in [0.2, 0.25) is 5.02 Å². The van der Waals surface area contributed by atoms with Crippen molar-refractivity contribution in [3.05, 3.63) is 28.5 Å². The van der Waals surface area contributed by atoms with E-state index in [1.165, 1.54) is 0 Å². The highest BCUT2D eigenvalue weighted by atomic mass is 35.5. The van der Waals surface area contributed by atoms with Crippen LogP contribution in [0.3, 0.4) is 0 Å². The molecule has 0 spiro atoms. The van der Waals surface area contributed by atoms with Gasteiger partial charge in [-0.25, -0.2) is 17.5 Å². The second kappa shape index (κ2) is 5.15. The van der Waals surface area contributed by atoms with Gasteiger partial charge in [-0.2, -0.15) is 0 Å². The van der Waals surface area contributed by atoms with Crippen molar-refractivity contribution in [3.8, 4) is 0 Å². The van der Waals surface area contributed by atoms with Crippen LogP contribution in [-0.4, -0.2) is 15.0 Å². The zero-order valence-corrected chi connectivity index (χ0v) is 12.4. The van der Waals surface area contributed by atoms with Gasteiger partial charge in [-0.15, -0.1) is 0 Å². The van der Waals surface area contributed by atoms with Gasteiger partial charge >= 0.3 is 0 Å². The van der Waals surface area contributed by atoms with Crippen LogP contribution in [0.4, 0.5) is 4.39 Å². The van der Waals surface area contributed by atoms with E-state index in [2.05, 4.69) is 4.72 Å². The number of halogens is 2. The van der Waals surface area contributed by atoms with Crippen LogP contribution < -0.4 is 4.72 Å². The molecule has 0 bridgehead atoms. The largest absolute Gasteiger partial charge is 0.241 e. The fraction of sp³-hybridized carbons (Fsp3) is 0.500. The molecule has 3 nitrogen and oxygen atoms in total. The van der Waals surface area contributed by atoms with Crippen molar-refractivity contribution in [2.45, 2.75) is 32.6 Å². The van der Waals surface area contributed by atoms with Crippen molar-refractivity contribution in [3.63, 3.8) is 0 Å². The Labute approximate surface area is 112 Å². The normalized spacial score (nSPS) is 12.8. The minimum Gasteiger partial charge on any atom is -0.211 e. The van der Waals surface area contributed by atoms with E-state index in [0.29, 0.717) is 5.56 Å². The lowest BCUT2D eigenvalue weighted by Crippen LogP contribution is -2.32. The molecule has 0 aliphatic heterocycles. The van der Waals surface area contributed by atoms with Crippen molar-refractivity contribution in [2.24, 2.45) is 5.41 Å². The molecule has 18 heavy (non-hydrogen) atoms. The van der Waals surface area contributed by atoms with Gasteiger partial charge in [-0.1, -0.05) is 32.4 Å². The molecule has 0 atom stereocenters. The predicted molar refractivity (Wildman–Crippen MR) is 70.8 cm³/mol. The van der Waals surface area contributed by atoms with Gasteiger partial charge in [0, 0.05) is 11.6 Å². The third-order valence-electron chi connectivity index (χ3n) is 2.34. The fourth-order valence-corrected chi connectivity index (χ4v) is 3.11. The first-order valence-electron chi connectivity index (χ1n) is 5.48. The third-order valence-corrected chi connectivity index (χ3v) is 4.26. The number of hydrogen-bond acceptors (Lipinski definition) is 2. The maximum Gasteiger partial charge on any atom is 0.241 e. The Balaban J connectivity index is 3.13. The molecule has 102 valence electrons. The molecule has 1 aromatic rings. The van der Waals surface area contributed by atoms with Gasteiger partial charge in [0.2, 0.25) is 10.0 Å². The summed E-state index contributed by atoms with van der Waals surface area (Å²) in [7, 11) is -3.74. The summed E-state index contributed by atoms with van der Waals surface area (Å²) in [5.41, 5.74) is 0.150. The molecular weight excluding hydrogens is 277 g/mol. The smallest absolute Gasteiger partial charge is 0.211 e. The number of rotatable bonds is 3. The molecule has 0 aliphatic carbocycles. The molecule has 6 heteroatoms. The molecule has 0 unspecified atom stereocenters. The number of sulfonamides is 1. The molecule has 1 aromatic carbocycles. The third kappa shape index (κ3) is 3.93. The minimum atomic E-state index is -3.74. The molecule has 0 fully saturated rings. The summed E-state index contributed by atoms with van der Waals surface area (Å²) in [6.45, 7) is 7.53. The van der Waals surface area contributed by atoms with Gasteiger partial charge in [0.05, 0.1) is 4.90 Å². The SMILES string of the molecule is Cc1c(Cl)cc(F)cc1S(=O)(=O)NCC(C)(C)C. The fourth-order valence-electron chi connectivity index (χ4n) is 1.29. The van der Waals surface area contributed by atoms with E-state index < -0.39 is 15.8 Å². The van der Waals surface area contributed by atoms with E-state index in [4.69, 9.17) is 11.6 Å². The molecule has 0 radical (unpaired) electrons. The average Bonchev–Trinajstić information content (AvgIpc) is 2.19. The zero-order chi connectivity index (χ0) is 14.1. The van der Waals surface area contributed by atoms with Gasteiger partial charge in [0.25, 0.3) is 0 Å². The lowest BCUT2D eigenvalue weighted by molar-refractivity contribution is 0.407. The van der Waals surface area contributed by atoms with Crippen LogP contribution in [0, 0.1) is 18.2 Å². The Kier molecular flexibility index (Phi) is 4.41. The summed E-state index contributed by atoms with van der Waals surface area (Å²) in [5.74, 6) is -0.665. The summed E-state index contributed by atoms with van der Waals surface area (Å²) in [5, 5.41) is 0.103. The summed E-state index contributed by atoms with van der Waals surface area (Å²) in [6.07, 6.45) is 0. The highest BCUT2D eigenvalue weighted by molar-refractivity contribution is 7.89. The van der Waals surface area contributed by atoms with E-state index in [9.17, 15) is 12.8 Å². The monoisotopic (exact) mass is 293 g/mol. The van der Waals surface area contributed by atoms with E-state index in [-0.39, 0.29) is 21.9 Å². The standard InChI is InChI=1S/C12H17ClFNO2S/c1-8-10(13)5-9(14)6-11(8)18(16,17)15-7-12(2,3)4/h5-6,15H,7H2,1-4H3. The Bertz CT molecular complexity index is 550. The summed E-state index contributed by atoms with van der Waals surface area (Å²) >= 11 is 5.78. The van der Waals surface area contributed by atoms with Crippen molar-refractivity contribution < 1.29 is 12.8 Å². The number of hydrogen-bond donors (Lipinski definition) is 1. The number of benzene rings is 1. The first-order chi connectivity index (χ1) is 8.03. The highest BCUT2D eigenvalue weighted by Crippen LogP contribution is 2.25. The maximum absolute atomic E-state index is 13.2. The summed E-state index contributed by atoms with van der Waals surface area (Å²) < 4.78 is 39.8. The molecular formula is C12H17ClFNO2S. The molecule has 0 amide bonds. The van der Waals surface area contributed by atoms with Gasteiger partial charge < -0.3 is 0 Å². The van der Waals surface area contributed by atoms with Crippen LogP contribution >= 0.6 is 11.6 Å². The lowest BCUT2D eigenvalue weighted by Gasteiger charge is -2.19. The molecule has 0 heterocycles. The molecule has 0 saturated heterocycles. The minimum absolute atomic E-state index is 0.103. The lowest BCUT2D eigenvalue weighted by atomic mass is 9.98. The maximum atomic E-state index is 13.2. The van der Waals surface area contributed by atoms with Crippen molar-refractivity contribution in [1.82, 2.24) is 4.72 Å². The van der Waals surface area contributed by atoms with E-state index >= 15 is 0 Å². The molecule has 1 N–H and O–H groups in total. The zero-order valence-electron chi connectivity index (χ0n) is 10.8. The molecule has 0 aromatic heterocycles. The highest BCUT2D eigenvalue weighted by Gasteiger charge is 2.22. The molecule has 0 aliphatic rings. The van der Waals surface area contributed by atoms with Gasteiger partial charge in [-0.3, -0.25) is 0 Å².